The maximum Gasteiger partial charge on any atom is 0.251 e. The Morgan fingerprint density at radius 1 is 1.30 bits per heavy atom. The Morgan fingerprint density at radius 3 is 2.74 bits per heavy atom. The molecule has 1 amide bonds. The molecule has 0 saturated heterocycles. The standard InChI is InChI=1S/C16H17N3O2S.ClH/c1-2-21-13-7-5-12(6-8-13)18-16-17-10-15(20)19(16)11-14-4-3-9-22-14;/h3-9H,2,10-11H2,1H3,(H,17,18);1H/p-1. The van der Waals surface area contributed by atoms with Crippen LogP contribution in [0.1, 0.15) is 11.8 Å². The number of halogens is 1. The van der Waals surface area contributed by atoms with Gasteiger partial charge in [0.1, 0.15) is 12.3 Å². The van der Waals surface area contributed by atoms with Gasteiger partial charge in [-0.05, 0) is 42.6 Å². The van der Waals surface area contributed by atoms with Crippen LogP contribution in [0.3, 0.4) is 0 Å². The quantitative estimate of drug-likeness (QED) is 0.823. The minimum Gasteiger partial charge on any atom is -1.00 e. The molecule has 0 atom stereocenters. The van der Waals surface area contributed by atoms with Crippen LogP contribution in [0.5, 0.6) is 5.75 Å². The van der Waals surface area contributed by atoms with E-state index in [1.165, 1.54) is 0 Å². The Kier molecular flexibility index (Phi) is 6.01. The number of nitrogens with zero attached hydrogens (tertiary/aromatic N) is 2. The van der Waals surface area contributed by atoms with E-state index < -0.39 is 0 Å². The average Bonchev–Trinajstić information content (AvgIpc) is 3.15. The van der Waals surface area contributed by atoms with Gasteiger partial charge in [-0.3, -0.25) is 9.69 Å². The van der Waals surface area contributed by atoms with Crippen LogP contribution >= 0.6 is 11.3 Å². The van der Waals surface area contributed by atoms with Gasteiger partial charge in [0.2, 0.25) is 5.96 Å². The fraction of sp³-hybridized carbons (Fsp3) is 0.250. The Balaban J connectivity index is 0.00000192. The van der Waals surface area contributed by atoms with Crippen molar-refractivity contribution in [3.63, 3.8) is 0 Å². The molecule has 2 aromatic rings. The van der Waals surface area contributed by atoms with Gasteiger partial charge in [-0.2, -0.15) is 0 Å². The molecule has 0 radical (unpaired) electrons. The zero-order valence-corrected chi connectivity index (χ0v) is 14.2. The number of carbonyl (C=O) groups excluding carboxylic acids is 1. The minimum atomic E-state index is 0. The summed E-state index contributed by atoms with van der Waals surface area (Å²) in [5.74, 6) is 1.44. The van der Waals surface area contributed by atoms with Crippen LogP contribution in [-0.2, 0) is 11.3 Å². The molecular weight excluding hydrogens is 334 g/mol. The molecule has 0 aliphatic carbocycles. The van der Waals surface area contributed by atoms with Crippen LogP contribution in [0.25, 0.3) is 0 Å². The topological polar surface area (TPSA) is 53.9 Å². The van der Waals surface area contributed by atoms with Crippen LogP contribution in [-0.4, -0.2) is 29.9 Å². The number of anilines is 1. The second kappa shape index (κ2) is 7.99. The molecular formula is C16H17ClN3O2S-. The van der Waals surface area contributed by atoms with Crippen molar-refractivity contribution < 1.29 is 21.9 Å². The Morgan fingerprint density at radius 2 is 2.09 bits per heavy atom. The third-order valence-corrected chi connectivity index (χ3v) is 4.10. The van der Waals surface area contributed by atoms with Gasteiger partial charge in [0.05, 0.1) is 13.2 Å². The van der Waals surface area contributed by atoms with Crippen LogP contribution in [0.2, 0.25) is 0 Å². The van der Waals surface area contributed by atoms with Gasteiger partial charge in [0.15, 0.2) is 0 Å². The van der Waals surface area contributed by atoms with Crippen LogP contribution in [0.4, 0.5) is 5.69 Å². The number of guanidine groups is 1. The summed E-state index contributed by atoms with van der Waals surface area (Å²) in [7, 11) is 0. The predicted molar refractivity (Wildman–Crippen MR) is 88.4 cm³/mol. The lowest BCUT2D eigenvalue weighted by molar-refractivity contribution is -0.125. The number of aliphatic imine (C=N–C) groups is 1. The first-order valence-electron chi connectivity index (χ1n) is 7.13. The lowest BCUT2D eigenvalue weighted by Crippen LogP contribution is -3.00. The number of benzene rings is 1. The highest BCUT2D eigenvalue weighted by Gasteiger charge is 2.25. The molecule has 1 N–H and O–H groups in total. The normalized spacial score (nSPS) is 13.5. The Bertz CT molecular complexity index is 671. The summed E-state index contributed by atoms with van der Waals surface area (Å²) in [6.45, 7) is 3.35. The molecule has 7 heteroatoms. The number of nitrogens with one attached hydrogen (secondary N) is 1. The molecule has 0 saturated carbocycles. The van der Waals surface area contributed by atoms with E-state index in [1.807, 2.05) is 48.7 Å². The Labute approximate surface area is 145 Å². The fourth-order valence-corrected chi connectivity index (χ4v) is 2.88. The zero-order chi connectivity index (χ0) is 15.4. The third kappa shape index (κ3) is 4.24. The molecule has 1 aromatic carbocycles. The SMILES string of the molecule is CCOc1ccc(NC2=NCC(=O)N2Cc2cccs2)cc1.[Cl-]. The fourth-order valence-electron chi connectivity index (χ4n) is 2.19. The molecule has 122 valence electrons. The number of thiophene rings is 1. The van der Waals surface area contributed by atoms with Crippen molar-refractivity contribution in [2.45, 2.75) is 13.5 Å². The molecule has 0 bridgehead atoms. The predicted octanol–water partition coefficient (Wildman–Crippen LogP) is -0.0389. The van der Waals surface area contributed by atoms with E-state index >= 15 is 0 Å². The summed E-state index contributed by atoms with van der Waals surface area (Å²) in [6.07, 6.45) is 0. The van der Waals surface area contributed by atoms with Gasteiger partial charge in [-0.1, -0.05) is 6.07 Å². The average molecular weight is 351 g/mol. The van der Waals surface area contributed by atoms with Gasteiger partial charge in [-0.15, -0.1) is 11.3 Å². The minimum absolute atomic E-state index is 0. The van der Waals surface area contributed by atoms with Crippen molar-refractivity contribution in [2.24, 2.45) is 4.99 Å². The van der Waals surface area contributed by atoms with E-state index in [4.69, 9.17) is 4.74 Å². The smallest absolute Gasteiger partial charge is 0.251 e. The van der Waals surface area contributed by atoms with E-state index in [2.05, 4.69) is 10.3 Å². The lowest BCUT2D eigenvalue weighted by atomic mass is 10.3. The summed E-state index contributed by atoms with van der Waals surface area (Å²) < 4.78 is 5.42. The molecule has 5 nitrogen and oxygen atoms in total. The first kappa shape index (κ1) is 17.3. The first-order chi connectivity index (χ1) is 10.8. The second-order valence-electron chi connectivity index (χ2n) is 4.78. The van der Waals surface area contributed by atoms with Gasteiger partial charge in [-0.25, -0.2) is 4.99 Å². The molecule has 0 unspecified atom stereocenters. The van der Waals surface area contributed by atoms with Crippen molar-refractivity contribution in [3.05, 3.63) is 46.7 Å². The van der Waals surface area contributed by atoms with Gasteiger partial charge in [0.25, 0.3) is 5.91 Å². The highest BCUT2D eigenvalue weighted by Crippen LogP contribution is 2.19. The molecule has 1 aliphatic heterocycles. The first-order valence-corrected chi connectivity index (χ1v) is 8.01. The highest BCUT2D eigenvalue weighted by molar-refractivity contribution is 7.09. The maximum atomic E-state index is 12.0. The highest BCUT2D eigenvalue weighted by atomic mass is 35.5. The van der Waals surface area contributed by atoms with Crippen molar-refractivity contribution in [1.29, 1.82) is 0 Å². The molecule has 23 heavy (non-hydrogen) atoms. The zero-order valence-electron chi connectivity index (χ0n) is 12.7. The molecule has 2 heterocycles. The van der Waals surface area contributed by atoms with Gasteiger partial charge < -0.3 is 22.5 Å². The Hall–Kier alpha value is -2.05. The van der Waals surface area contributed by atoms with E-state index in [9.17, 15) is 4.79 Å². The number of ether oxygens (including phenoxy) is 1. The summed E-state index contributed by atoms with van der Waals surface area (Å²) in [6, 6.07) is 11.6. The molecule has 1 aromatic heterocycles. The van der Waals surface area contributed by atoms with Crippen molar-refractivity contribution >= 4 is 28.9 Å². The van der Waals surface area contributed by atoms with Gasteiger partial charge in [0, 0.05) is 10.6 Å². The van der Waals surface area contributed by atoms with Crippen LogP contribution in [0.15, 0.2) is 46.8 Å². The number of amides is 1. The van der Waals surface area contributed by atoms with E-state index in [0.717, 1.165) is 16.3 Å². The largest absolute Gasteiger partial charge is 1.00 e. The summed E-state index contributed by atoms with van der Waals surface area (Å²) in [4.78, 5) is 19.1. The number of hydrogen-bond acceptors (Lipinski definition) is 5. The molecule has 3 rings (SSSR count). The summed E-state index contributed by atoms with van der Waals surface area (Å²) in [5.41, 5.74) is 0.882. The lowest BCUT2D eigenvalue weighted by Gasteiger charge is -2.18. The second-order valence-corrected chi connectivity index (χ2v) is 5.81. The van der Waals surface area contributed by atoms with E-state index in [1.54, 1.807) is 16.2 Å². The number of hydrogen-bond donors (Lipinski definition) is 1. The summed E-state index contributed by atoms with van der Waals surface area (Å²) in [5, 5.41) is 5.21. The van der Waals surface area contributed by atoms with Crippen LogP contribution in [0, 0.1) is 0 Å². The number of carbonyl (C=O) groups is 1. The third-order valence-electron chi connectivity index (χ3n) is 3.24. The van der Waals surface area contributed by atoms with Crippen LogP contribution < -0.4 is 22.5 Å². The summed E-state index contributed by atoms with van der Waals surface area (Å²) >= 11 is 1.63. The number of rotatable bonds is 5. The van der Waals surface area contributed by atoms with E-state index in [-0.39, 0.29) is 24.9 Å². The van der Waals surface area contributed by atoms with Gasteiger partial charge >= 0.3 is 0 Å². The van der Waals surface area contributed by atoms with Crippen molar-refractivity contribution in [1.82, 2.24) is 4.90 Å². The molecule has 0 spiro atoms. The maximum absolute atomic E-state index is 12.0. The monoisotopic (exact) mass is 350 g/mol. The van der Waals surface area contributed by atoms with Crippen molar-refractivity contribution in [3.8, 4) is 5.75 Å². The molecule has 0 fully saturated rings. The van der Waals surface area contributed by atoms with E-state index in [0.29, 0.717) is 19.1 Å². The van der Waals surface area contributed by atoms with Crippen molar-refractivity contribution in [2.75, 3.05) is 18.5 Å². The molecule has 1 aliphatic rings.